The molecule has 1 aliphatic rings. The lowest BCUT2D eigenvalue weighted by atomic mass is 9.94. The lowest BCUT2D eigenvalue weighted by molar-refractivity contribution is 0.0937. The van der Waals surface area contributed by atoms with Gasteiger partial charge in [0.05, 0.1) is 17.5 Å². The van der Waals surface area contributed by atoms with E-state index in [0.717, 1.165) is 17.5 Å². The first kappa shape index (κ1) is 18.0. The average Bonchev–Trinajstić information content (AvgIpc) is 3.10. The molecule has 0 radical (unpaired) electrons. The Morgan fingerprint density at radius 1 is 1.36 bits per heavy atom. The fourth-order valence-corrected chi connectivity index (χ4v) is 3.77. The van der Waals surface area contributed by atoms with E-state index in [-0.39, 0.29) is 11.5 Å². The molecule has 4 rings (SSSR count). The predicted molar refractivity (Wildman–Crippen MR) is 102 cm³/mol. The number of para-hydroxylation sites is 1. The van der Waals surface area contributed by atoms with Gasteiger partial charge in [0.25, 0.3) is 11.8 Å². The SMILES string of the molecule is Cc1c(C(=O)NC[C@@H]2CCn3ncc(C(N)=O)c3C2)c(=O)oc2ccccc12. The van der Waals surface area contributed by atoms with Crippen molar-refractivity contribution in [2.75, 3.05) is 6.54 Å². The summed E-state index contributed by atoms with van der Waals surface area (Å²) >= 11 is 0. The first-order valence-electron chi connectivity index (χ1n) is 9.11. The van der Waals surface area contributed by atoms with Crippen molar-refractivity contribution < 1.29 is 14.0 Å². The van der Waals surface area contributed by atoms with Crippen LogP contribution in [0.2, 0.25) is 0 Å². The molecule has 8 nitrogen and oxygen atoms in total. The molecule has 0 unspecified atom stereocenters. The minimum absolute atomic E-state index is 0.0253. The fourth-order valence-electron chi connectivity index (χ4n) is 3.77. The van der Waals surface area contributed by atoms with Gasteiger partial charge >= 0.3 is 5.63 Å². The Hall–Kier alpha value is -3.42. The molecule has 0 spiro atoms. The zero-order valence-electron chi connectivity index (χ0n) is 15.4. The van der Waals surface area contributed by atoms with Crippen molar-refractivity contribution in [3.63, 3.8) is 0 Å². The van der Waals surface area contributed by atoms with Gasteiger partial charge in [-0.1, -0.05) is 18.2 Å². The van der Waals surface area contributed by atoms with Crippen LogP contribution in [-0.4, -0.2) is 28.1 Å². The highest BCUT2D eigenvalue weighted by molar-refractivity contribution is 5.99. The first-order valence-corrected chi connectivity index (χ1v) is 9.11. The average molecular weight is 380 g/mol. The summed E-state index contributed by atoms with van der Waals surface area (Å²) in [5.74, 6) is -0.833. The summed E-state index contributed by atoms with van der Waals surface area (Å²) < 4.78 is 7.06. The van der Waals surface area contributed by atoms with Crippen LogP contribution in [0.15, 0.2) is 39.7 Å². The molecule has 3 aromatic rings. The molecule has 1 aromatic carbocycles. The van der Waals surface area contributed by atoms with Crippen molar-refractivity contribution in [1.29, 1.82) is 0 Å². The second kappa shape index (κ2) is 6.95. The van der Waals surface area contributed by atoms with Gasteiger partial charge in [0, 0.05) is 18.5 Å². The largest absolute Gasteiger partial charge is 0.422 e. The van der Waals surface area contributed by atoms with Gasteiger partial charge < -0.3 is 15.5 Å². The number of benzene rings is 1. The highest BCUT2D eigenvalue weighted by Gasteiger charge is 2.25. The van der Waals surface area contributed by atoms with Gasteiger partial charge in [-0.3, -0.25) is 14.3 Å². The van der Waals surface area contributed by atoms with E-state index in [1.165, 1.54) is 6.20 Å². The number of fused-ring (bicyclic) bond motifs is 2. The maximum absolute atomic E-state index is 12.7. The number of amides is 2. The Bertz CT molecular complexity index is 1140. The lowest BCUT2D eigenvalue weighted by Gasteiger charge is -2.24. The van der Waals surface area contributed by atoms with Crippen LogP contribution >= 0.6 is 0 Å². The third-order valence-corrected chi connectivity index (χ3v) is 5.30. The second-order valence-electron chi connectivity index (χ2n) is 7.05. The van der Waals surface area contributed by atoms with Crippen molar-refractivity contribution in [2.24, 2.45) is 11.7 Å². The molecule has 1 atom stereocenters. The van der Waals surface area contributed by atoms with Crippen LogP contribution in [0.4, 0.5) is 0 Å². The molecule has 1 aliphatic heterocycles. The van der Waals surface area contributed by atoms with Crippen LogP contribution in [0.25, 0.3) is 11.0 Å². The Labute approximate surface area is 160 Å². The van der Waals surface area contributed by atoms with Crippen LogP contribution < -0.4 is 16.7 Å². The number of aromatic nitrogens is 2. The number of carbonyl (C=O) groups excluding carboxylic acids is 2. The number of primary amides is 1. The lowest BCUT2D eigenvalue weighted by Crippen LogP contribution is -2.36. The second-order valence-corrected chi connectivity index (χ2v) is 7.05. The molecule has 144 valence electrons. The van der Waals surface area contributed by atoms with Crippen LogP contribution in [-0.2, 0) is 13.0 Å². The van der Waals surface area contributed by atoms with Crippen molar-refractivity contribution >= 4 is 22.8 Å². The summed E-state index contributed by atoms with van der Waals surface area (Å²) in [7, 11) is 0. The Kier molecular flexibility index (Phi) is 4.46. The molecule has 0 saturated heterocycles. The zero-order chi connectivity index (χ0) is 19.8. The van der Waals surface area contributed by atoms with Gasteiger partial charge in [-0.2, -0.15) is 5.10 Å². The third kappa shape index (κ3) is 3.06. The van der Waals surface area contributed by atoms with E-state index < -0.39 is 17.4 Å². The number of nitrogens with two attached hydrogens (primary N) is 1. The number of rotatable bonds is 4. The summed E-state index contributed by atoms with van der Waals surface area (Å²) in [4.78, 5) is 36.5. The van der Waals surface area contributed by atoms with Crippen LogP contribution in [0, 0.1) is 12.8 Å². The highest BCUT2D eigenvalue weighted by atomic mass is 16.4. The van der Waals surface area contributed by atoms with Crippen molar-refractivity contribution in [1.82, 2.24) is 15.1 Å². The quantitative estimate of drug-likeness (QED) is 0.663. The summed E-state index contributed by atoms with van der Waals surface area (Å²) in [6.07, 6.45) is 2.88. The predicted octanol–water partition coefficient (Wildman–Crippen LogP) is 1.39. The molecule has 8 heteroatoms. The molecule has 0 bridgehead atoms. The van der Waals surface area contributed by atoms with Crippen LogP contribution in [0.5, 0.6) is 0 Å². The molecule has 2 aromatic heterocycles. The van der Waals surface area contributed by atoms with Gasteiger partial charge in [0.2, 0.25) is 0 Å². The first-order chi connectivity index (χ1) is 13.5. The maximum Gasteiger partial charge on any atom is 0.349 e. The van der Waals surface area contributed by atoms with E-state index in [0.29, 0.717) is 36.2 Å². The van der Waals surface area contributed by atoms with Gasteiger partial charge in [0.1, 0.15) is 11.1 Å². The summed E-state index contributed by atoms with van der Waals surface area (Å²) in [5, 5.41) is 7.76. The molecular weight excluding hydrogens is 360 g/mol. The molecule has 3 N–H and O–H groups in total. The monoisotopic (exact) mass is 380 g/mol. The topological polar surface area (TPSA) is 120 Å². The molecule has 2 amide bonds. The van der Waals surface area contributed by atoms with Gasteiger partial charge in [-0.25, -0.2) is 4.79 Å². The minimum atomic E-state index is -0.647. The van der Waals surface area contributed by atoms with Gasteiger partial charge in [0.15, 0.2) is 0 Å². The maximum atomic E-state index is 12.7. The number of aryl methyl sites for hydroxylation is 2. The fraction of sp³-hybridized carbons (Fsp3) is 0.300. The standard InChI is InChI=1S/C20H20N4O4/c1-11-13-4-2-3-5-16(13)28-20(27)17(11)19(26)22-9-12-6-7-24-15(8-12)14(10-23-24)18(21)25/h2-5,10,12H,6-9H2,1H3,(H2,21,25)(H,22,26)/t12-/m1/s1. The minimum Gasteiger partial charge on any atom is -0.422 e. The number of nitrogens with zero attached hydrogens (tertiary/aromatic N) is 2. The normalized spacial score (nSPS) is 16.0. The molecule has 3 heterocycles. The summed E-state index contributed by atoms with van der Waals surface area (Å²) in [6, 6.07) is 7.13. The Morgan fingerprint density at radius 2 is 2.14 bits per heavy atom. The van der Waals surface area contributed by atoms with E-state index in [1.807, 2.05) is 12.1 Å². The third-order valence-electron chi connectivity index (χ3n) is 5.30. The van der Waals surface area contributed by atoms with E-state index in [4.69, 9.17) is 10.2 Å². The smallest absolute Gasteiger partial charge is 0.349 e. The van der Waals surface area contributed by atoms with E-state index >= 15 is 0 Å². The number of hydrogen-bond acceptors (Lipinski definition) is 5. The van der Waals surface area contributed by atoms with Crippen LogP contribution in [0.1, 0.15) is 38.4 Å². The molecule has 0 aliphatic carbocycles. The van der Waals surface area contributed by atoms with E-state index in [9.17, 15) is 14.4 Å². The summed E-state index contributed by atoms with van der Waals surface area (Å²) in [5.41, 5.74) is 7.04. The molecule has 28 heavy (non-hydrogen) atoms. The Morgan fingerprint density at radius 3 is 2.93 bits per heavy atom. The highest BCUT2D eigenvalue weighted by Crippen LogP contribution is 2.23. The summed E-state index contributed by atoms with van der Waals surface area (Å²) in [6.45, 7) is 2.78. The van der Waals surface area contributed by atoms with E-state index in [1.54, 1.807) is 23.7 Å². The molecule has 0 fully saturated rings. The van der Waals surface area contributed by atoms with Gasteiger partial charge in [-0.15, -0.1) is 0 Å². The number of hydrogen-bond donors (Lipinski definition) is 2. The Balaban J connectivity index is 1.51. The van der Waals surface area contributed by atoms with Gasteiger partial charge in [-0.05, 0) is 37.3 Å². The molecule has 0 saturated carbocycles. The molecular formula is C20H20N4O4. The van der Waals surface area contributed by atoms with E-state index in [2.05, 4.69) is 10.4 Å². The zero-order valence-corrected chi connectivity index (χ0v) is 15.4. The van der Waals surface area contributed by atoms with Crippen LogP contribution in [0.3, 0.4) is 0 Å². The van der Waals surface area contributed by atoms with Crippen molar-refractivity contribution in [3.05, 3.63) is 63.3 Å². The number of carbonyl (C=O) groups is 2. The van der Waals surface area contributed by atoms with Crippen molar-refractivity contribution in [3.8, 4) is 0 Å². The van der Waals surface area contributed by atoms with Crippen molar-refractivity contribution in [2.45, 2.75) is 26.3 Å². The number of nitrogens with one attached hydrogen (secondary N) is 1.